The van der Waals surface area contributed by atoms with Crippen LogP contribution in [0, 0.1) is 5.82 Å². The predicted molar refractivity (Wildman–Crippen MR) is 57.1 cm³/mol. The maximum absolute atomic E-state index is 12.5. The largest absolute Gasteiger partial charge is 0.309 e. The van der Waals surface area contributed by atoms with E-state index in [0.717, 1.165) is 17.8 Å². The maximum atomic E-state index is 12.5. The lowest BCUT2D eigenvalue weighted by Gasteiger charge is -2.09. The minimum absolute atomic E-state index is 0.126. The quantitative estimate of drug-likeness (QED) is 0.785. The van der Waals surface area contributed by atoms with Crippen LogP contribution in [0.25, 0.3) is 0 Å². The standard InChI is InChI=1S/C9H10FN3OS/c10-6-1-2-8(11-3-6)13-9(14)7-4-15-5-12-7/h1-3,7,12H,4-5H2,(H,11,13,14)/t7-/m1/s1. The maximum Gasteiger partial charge on any atom is 0.243 e. The van der Waals surface area contributed by atoms with Crippen molar-refractivity contribution in [1.82, 2.24) is 10.3 Å². The molecule has 15 heavy (non-hydrogen) atoms. The molecule has 1 atom stereocenters. The fourth-order valence-electron chi connectivity index (χ4n) is 1.23. The Labute approximate surface area is 90.7 Å². The average molecular weight is 227 g/mol. The Hall–Kier alpha value is -1.14. The zero-order chi connectivity index (χ0) is 10.7. The number of halogens is 1. The first kappa shape index (κ1) is 10.4. The molecule has 2 heterocycles. The number of anilines is 1. The van der Waals surface area contributed by atoms with Crippen molar-refractivity contribution in [3.8, 4) is 0 Å². The second-order valence-electron chi connectivity index (χ2n) is 3.12. The molecule has 0 radical (unpaired) electrons. The van der Waals surface area contributed by atoms with Crippen molar-refractivity contribution in [2.75, 3.05) is 16.9 Å². The number of pyridine rings is 1. The zero-order valence-electron chi connectivity index (χ0n) is 7.87. The van der Waals surface area contributed by atoms with E-state index in [2.05, 4.69) is 15.6 Å². The summed E-state index contributed by atoms with van der Waals surface area (Å²) >= 11 is 1.67. The first-order chi connectivity index (χ1) is 7.25. The molecule has 1 aliphatic rings. The second kappa shape index (κ2) is 4.59. The summed E-state index contributed by atoms with van der Waals surface area (Å²) in [6.45, 7) is 0. The first-order valence-electron chi connectivity index (χ1n) is 4.49. The van der Waals surface area contributed by atoms with Crippen LogP contribution in [-0.4, -0.2) is 28.6 Å². The summed E-state index contributed by atoms with van der Waals surface area (Å²) in [5.74, 6) is 1.38. The van der Waals surface area contributed by atoms with Gasteiger partial charge in [-0.1, -0.05) is 0 Å². The Bertz CT molecular complexity index is 351. The van der Waals surface area contributed by atoms with Crippen LogP contribution in [0.2, 0.25) is 0 Å². The molecular formula is C9H10FN3OS. The van der Waals surface area contributed by atoms with Crippen LogP contribution in [0.4, 0.5) is 10.2 Å². The number of amides is 1. The lowest BCUT2D eigenvalue weighted by atomic mass is 10.3. The van der Waals surface area contributed by atoms with E-state index in [4.69, 9.17) is 0 Å². The van der Waals surface area contributed by atoms with Gasteiger partial charge in [0.2, 0.25) is 5.91 Å². The van der Waals surface area contributed by atoms with Crippen molar-refractivity contribution in [2.24, 2.45) is 0 Å². The normalized spacial score (nSPS) is 20.2. The molecule has 4 nitrogen and oxygen atoms in total. The number of rotatable bonds is 2. The van der Waals surface area contributed by atoms with Crippen molar-refractivity contribution in [3.63, 3.8) is 0 Å². The van der Waals surface area contributed by atoms with Gasteiger partial charge in [0.1, 0.15) is 11.6 Å². The molecule has 80 valence electrons. The van der Waals surface area contributed by atoms with Gasteiger partial charge in [-0.2, -0.15) is 0 Å². The van der Waals surface area contributed by atoms with Crippen molar-refractivity contribution >= 4 is 23.5 Å². The molecule has 2 N–H and O–H groups in total. The van der Waals surface area contributed by atoms with Gasteiger partial charge >= 0.3 is 0 Å². The molecule has 0 saturated carbocycles. The zero-order valence-corrected chi connectivity index (χ0v) is 8.68. The Morgan fingerprint density at radius 1 is 1.67 bits per heavy atom. The number of nitrogens with one attached hydrogen (secondary N) is 2. The summed E-state index contributed by atoms with van der Waals surface area (Å²) in [7, 11) is 0. The molecule has 1 amide bonds. The summed E-state index contributed by atoms with van der Waals surface area (Å²) in [4.78, 5) is 15.3. The van der Waals surface area contributed by atoms with E-state index in [1.165, 1.54) is 12.1 Å². The molecule has 0 bridgehead atoms. The molecule has 1 aliphatic heterocycles. The number of carbonyl (C=O) groups excluding carboxylic acids is 1. The Morgan fingerprint density at radius 2 is 2.53 bits per heavy atom. The summed E-state index contributed by atoms with van der Waals surface area (Å²) in [5, 5.41) is 5.66. The van der Waals surface area contributed by atoms with E-state index in [-0.39, 0.29) is 11.9 Å². The van der Waals surface area contributed by atoms with E-state index in [1.807, 2.05) is 0 Å². The number of thioether (sulfide) groups is 1. The molecule has 2 rings (SSSR count). The summed E-state index contributed by atoms with van der Waals surface area (Å²) < 4.78 is 12.5. The highest BCUT2D eigenvalue weighted by molar-refractivity contribution is 7.99. The molecule has 1 aromatic rings. The molecular weight excluding hydrogens is 217 g/mol. The van der Waals surface area contributed by atoms with E-state index >= 15 is 0 Å². The fraction of sp³-hybridized carbons (Fsp3) is 0.333. The van der Waals surface area contributed by atoms with Gasteiger partial charge in [0, 0.05) is 11.6 Å². The summed E-state index contributed by atoms with van der Waals surface area (Å²) in [6.07, 6.45) is 1.08. The van der Waals surface area contributed by atoms with E-state index < -0.39 is 5.82 Å². The summed E-state index contributed by atoms with van der Waals surface area (Å²) in [5.41, 5.74) is 0. The number of nitrogens with zero attached hydrogens (tertiary/aromatic N) is 1. The van der Waals surface area contributed by atoms with Gasteiger partial charge in [-0.25, -0.2) is 9.37 Å². The van der Waals surface area contributed by atoms with Crippen LogP contribution in [-0.2, 0) is 4.79 Å². The predicted octanol–water partition coefficient (Wildman–Crippen LogP) is 0.822. The fourth-order valence-corrected chi connectivity index (χ4v) is 2.17. The van der Waals surface area contributed by atoms with Crippen LogP contribution in [0.5, 0.6) is 0 Å². The van der Waals surface area contributed by atoms with Crippen molar-refractivity contribution < 1.29 is 9.18 Å². The Morgan fingerprint density at radius 3 is 3.13 bits per heavy atom. The van der Waals surface area contributed by atoms with Crippen molar-refractivity contribution in [3.05, 3.63) is 24.1 Å². The van der Waals surface area contributed by atoms with E-state index in [9.17, 15) is 9.18 Å². The van der Waals surface area contributed by atoms with Gasteiger partial charge in [0.25, 0.3) is 0 Å². The van der Waals surface area contributed by atoms with Crippen LogP contribution >= 0.6 is 11.8 Å². The number of carbonyl (C=O) groups is 1. The second-order valence-corrected chi connectivity index (χ2v) is 4.15. The molecule has 0 aliphatic carbocycles. The lowest BCUT2D eigenvalue weighted by molar-refractivity contribution is -0.117. The third-order valence-corrected chi connectivity index (χ3v) is 2.95. The molecule has 6 heteroatoms. The highest BCUT2D eigenvalue weighted by atomic mass is 32.2. The Balaban J connectivity index is 1.96. The topological polar surface area (TPSA) is 54.0 Å². The highest BCUT2D eigenvalue weighted by Crippen LogP contribution is 2.11. The molecule has 0 aromatic carbocycles. The number of hydrogen-bond acceptors (Lipinski definition) is 4. The minimum atomic E-state index is -0.414. The smallest absolute Gasteiger partial charge is 0.243 e. The van der Waals surface area contributed by atoms with Crippen LogP contribution in [0.15, 0.2) is 18.3 Å². The van der Waals surface area contributed by atoms with E-state index in [0.29, 0.717) is 5.82 Å². The third kappa shape index (κ3) is 2.66. The highest BCUT2D eigenvalue weighted by Gasteiger charge is 2.22. The number of aromatic nitrogens is 1. The lowest BCUT2D eigenvalue weighted by Crippen LogP contribution is -2.37. The minimum Gasteiger partial charge on any atom is -0.309 e. The number of hydrogen-bond donors (Lipinski definition) is 2. The van der Waals surface area contributed by atoms with Gasteiger partial charge in [-0.3, -0.25) is 10.1 Å². The van der Waals surface area contributed by atoms with Crippen molar-refractivity contribution in [2.45, 2.75) is 6.04 Å². The van der Waals surface area contributed by atoms with Crippen molar-refractivity contribution in [1.29, 1.82) is 0 Å². The average Bonchev–Trinajstić information content (AvgIpc) is 2.74. The van der Waals surface area contributed by atoms with Crippen LogP contribution < -0.4 is 10.6 Å². The first-order valence-corrected chi connectivity index (χ1v) is 5.65. The molecule has 1 fully saturated rings. The van der Waals surface area contributed by atoms with Gasteiger partial charge in [0.15, 0.2) is 0 Å². The third-order valence-electron chi connectivity index (χ3n) is 2.01. The summed E-state index contributed by atoms with van der Waals surface area (Å²) in [6, 6.07) is 2.52. The monoisotopic (exact) mass is 227 g/mol. The molecule has 1 saturated heterocycles. The van der Waals surface area contributed by atoms with E-state index in [1.54, 1.807) is 11.8 Å². The van der Waals surface area contributed by atoms with Gasteiger partial charge in [-0.15, -0.1) is 11.8 Å². The molecule has 0 unspecified atom stereocenters. The van der Waals surface area contributed by atoms with Crippen LogP contribution in [0.3, 0.4) is 0 Å². The van der Waals surface area contributed by atoms with Gasteiger partial charge < -0.3 is 5.32 Å². The molecule has 0 spiro atoms. The molecule has 1 aromatic heterocycles. The van der Waals surface area contributed by atoms with Gasteiger partial charge in [-0.05, 0) is 12.1 Å². The SMILES string of the molecule is O=C(Nc1ccc(F)cn1)[C@H]1CSCN1. The Kier molecular flexibility index (Phi) is 3.17. The van der Waals surface area contributed by atoms with Crippen LogP contribution in [0.1, 0.15) is 0 Å². The van der Waals surface area contributed by atoms with Gasteiger partial charge in [0.05, 0.1) is 12.2 Å².